The lowest BCUT2D eigenvalue weighted by molar-refractivity contribution is 0.629. The fraction of sp³-hybridized carbons (Fsp3) is 0.286. The molecule has 0 aromatic heterocycles. The predicted octanol–water partition coefficient (Wildman–Crippen LogP) is 3.55. The Labute approximate surface area is 97.8 Å². The molecule has 0 radical (unpaired) electrons. The molecule has 1 heteroatoms. The zero-order valence-corrected chi connectivity index (χ0v) is 9.87. The van der Waals surface area contributed by atoms with E-state index in [0.29, 0.717) is 5.92 Å². The zero-order chi connectivity index (χ0) is 11.1. The molecule has 0 fully saturated rings. The highest BCUT2D eigenvalue weighted by molar-refractivity contribution is 7.81. The van der Waals surface area contributed by atoms with Gasteiger partial charge in [-0.2, -0.15) is 12.6 Å². The van der Waals surface area contributed by atoms with Crippen molar-refractivity contribution in [1.29, 1.82) is 0 Å². The van der Waals surface area contributed by atoms with Crippen molar-refractivity contribution < 1.29 is 0 Å². The summed E-state index contributed by atoms with van der Waals surface area (Å²) in [5.41, 5.74) is 1.07. The third-order valence-electron chi connectivity index (χ3n) is 2.26. The lowest BCUT2D eigenvalue weighted by Crippen LogP contribution is -2.06. The van der Waals surface area contributed by atoms with Gasteiger partial charge in [0.2, 0.25) is 0 Å². The van der Waals surface area contributed by atoms with Crippen molar-refractivity contribution in [2.24, 2.45) is 5.92 Å². The minimum atomic E-state index is 0.232. The Balaban J connectivity index is 2.50. The number of hydrogen-bond acceptors (Lipinski definition) is 1. The summed E-state index contributed by atoms with van der Waals surface area (Å²) in [5, 5.41) is 0.232. The molecule has 1 rings (SSSR count). The molecule has 0 spiro atoms. The molecule has 0 N–H and O–H groups in total. The van der Waals surface area contributed by atoms with Gasteiger partial charge in [-0.3, -0.25) is 0 Å². The van der Waals surface area contributed by atoms with Crippen LogP contribution in [0, 0.1) is 17.8 Å². The first-order valence-corrected chi connectivity index (χ1v) is 5.60. The van der Waals surface area contributed by atoms with Crippen molar-refractivity contribution in [3.63, 3.8) is 0 Å². The molecule has 1 aromatic carbocycles. The van der Waals surface area contributed by atoms with E-state index in [0.717, 1.165) is 12.0 Å². The zero-order valence-electron chi connectivity index (χ0n) is 8.98. The van der Waals surface area contributed by atoms with Crippen molar-refractivity contribution >= 4 is 12.6 Å². The van der Waals surface area contributed by atoms with Gasteiger partial charge in [0.1, 0.15) is 0 Å². The van der Waals surface area contributed by atoms with E-state index < -0.39 is 0 Å². The van der Waals surface area contributed by atoms with Crippen molar-refractivity contribution in [2.45, 2.75) is 18.6 Å². The number of thiol groups is 1. The second kappa shape index (κ2) is 6.37. The summed E-state index contributed by atoms with van der Waals surface area (Å²) in [6, 6.07) is 10.0. The van der Waals surface area contributed by atoms with Crippen LogP contribution in [0.2, 0.25) is 0 Å². The molecule has 0 aliphatic carbocycles. The fourth-order valence-corrected chi connectivity index (χ4v) is 1.29. The minimum absolute atomic E-state index is 0.232. The highest BCUT2D eigenvalue weighted by atomic mass is 32.1. The maximum Gasteiger partial charge on any atom is 0.0245 e. The highest BCUT2D eigenvalue weighted by Gasteiger charge is 2.06. The second-order valence-corrected chi connectivity index (χ2v) is 4.17. The molecule has 0 heterocycles. The summed E-state index contributed by atoms with van der Waals surface area (Å²) in [5.74, 6) is 6.75. The molecule has 2 atom stereocenters. The lowest BCUT2D eigenvalue weighted by Gasteiger charge is -2.11. The van der Waals surface area contributed by atoms with Crippen LogP contribution in [-0.4, -0.2) is 5.25 Å². The van der Waals surface area contributed by atoms with Crippen LogP contribution in [0.3, 0.4) is 0 Å². The number of benzene rings is 1. The van der Waals surface area contributed by atoms with E-state index in [1.165, 1.54) is 0 Å². The van der Waals surface area contributed by atoms with Crippen LogP contribution in [0.4, 0.5) is 0 Å². The van der Waals surface area contributed by atoms with Crippen LogP contribution in [0.25, 0.3) is 0 Å². The average Bonchev–Trinajstić information content (AvgIpc) is 2.29. The molecule has 0 aliphatic rings. The molecule has 15 heavy (non-hydrogen) atoms. The van der Waals surface area contributed by atoms with Gasteiger partial charge in [-0.15, -0.1) is 6.58 Å². The first-order valence-electron chi connectivity index (χ1n) is 5.08. The molecule has 0 amide bonds. The van der Waals surface area contributed by atoms with Crippen LogP contribution in [0.1, 0.15) is 18.9 Å². The summed E-state index contributed by atoms with van der Waals surface area (Å²) in [6.45, 7) is 5.86. The van der Waals surface area contributed by atoms with Gasteiger partial charge < -0.3 is 0 Å². The van der Waals surface area contributed by atoms with Crippen molar-refractivity contribution in [1.82, 2.24) is 0 Å². The standard InChI is InChI=1S/C14H16S/c1-3-14(15)12(2)8-7-11-13-9-5-4-6-10-13/h3-6,9-10,12,14-15H,1,8H2,2H3. The molecular formula is C14H16S. The molecule has 0 bridgehead atoms. The Morgan fingerprint density at radius 1 is 1.40 bits per heavy atom. The first kappa shape index (κ1) is 11.9. The maximum absolute atomic E-state index is 4.40. The predicted molar refractivity (Wildman–Crippen MR) is 70.1 cm³/mol. The van der Waals surface area contributed by atoms with E-state index in [9.17, 15) is 0 Å². The quantitative estimate of drug-likeness (QED) is 0.446. The van der Waals surface area contributed by atoms with Gasteiger partial charge in [0.15, 0.2) is 0 Å². The Morgan fingerprint density at radius 3 is 2.67 bits per heavy atom. The monoisotopic (exact) mass is 216 g/mol. The third kappa shape index (κ3) is 4.27. The first-order chi connectivity index (χ1) is 7.24. The largest absolute Gasteiger partial charge is 0.171 e. The summed E-state index contributed by atoms with van der Waals surface area (Å²) >= 11 is 4.40. The lowest BCUT2D eigenvalue weighted by atomic mass is 10.0. The van der Waals surface area contributed by atoms with Gasteiger partial charge in [0.05, 0.1) is 0 Å². The highest BCUT2D eigenvalue weighted by Crippen LogP contribution is 2.13. The number of rotatable bonds is 3. The summed E-state index contributed by atoms with van der Waals surface area (Å²) in [7, 11) is 0. The van der Waals surface area contributed by atoms with Crippen LogP contribution < -0.4 is 0 Å². The van der Waals surface area contributed by atoms with Gasteiger partial charge in [0, 0.05) is 17.2 Å². The SMILES string of the molecule is C=CC(S)C(C)CC#Cc1ccccc1. The maximum atomic E-state index is 4.40. The smallest absolute Gasteiger partial charge is 0.0245 e. The average molecular weight is 216 g/mol. The number of hydrogen-bond donors (Lipinski definition) is 1. The molecular weight excluding hydrogens is 200 g/mol. The van der Waals surface area contributed by atoms with Crippen molar-refractivity contribution in [3.05, 3.63) is 48.6 Å². The molecule has 0 nitrogen and oxygen atoms in total. The van der Waals surface area contributed by atoms with Crippen molar-refractivity contribution in [3.8, 4) is 11.8 Å². The van der Waals surface area contributed by atoms with Crippen LogP contribution in [-0.2, 0) is 0 Å². The Morgan fingerprint density at radius 2 is 2.07 bits per heavy atom. The second-order valence-electron chi connectivity index (χ2n) is 3.58. The molecule has 0 aliphatic heterocycles. The van der Waals surface area contributed by atoms with Gasteiger partial charge in [0.25, 0.3) is 0 Å². The van der Waals surface area contributed by atoms with Gasteiger partial charge in [-0.05, 0) is 18.1 Å². The van der Waals surface area contributed by atoms with Crippen LogP contribution in [0.15, 0.2) is 43.0 Å². The Bertz CT molecular complexity index is 356. The van der Waals surface area contributed by atoms with Crippen molar-refractivity contribution in [2.75, 3.05) is 0 Å². The molecule has 0 saturated heterocycles. The van der Waals surface area contributed by atoms with E-state index in [1.54, 1.807) is 0 Å². The Hall–Kier alpha value is -1.13. The summed E-state index contributed by atoms with van der Waals surface area (Å²) in [6.07, 6.45) is 2.72. The molecule has 0 saturated carbocycles. The molecule has 1 aromatic rings. The minimum Gasteiger partial charge on any atom is -0.171 e. The summed E-state index contributed by atoms with van der Waals surface area (Å²) in [4.78, 5) is 0. The van der Waals surface area contributed by atoms with E-state index >= 15 is 0 Å². The van der Waals surface area contributed by atoms with Crippen LogP contribution >= 0.6 is 12.6 Å². The Kier molecular flexibility index (Phi) is 5.07. The molecule has 78 valence electrons. The molecule has 2 unspecified atom stereocenters. The van der Waals surface area contributed by atoms with E-state index in [-0.39, 0.29) is 5.25 Å². The topological polar surface area (TPSA) is 0 Å². The summed E-state index contributed by atoms with van der Waals surface area (Å²) < 4.78 is 0. The fourth-order valence-electron chi connectivity index (χ4n) is 1.19. The van der Waals surface area contributed by atoms with Crippen LogP contribution in [0.5, 0.6) is 0 Å². The van der Waals surface area contributed by atoms with E-state index in [4.69, 9.17) is 0 Å². The third-order valence-corrected chi connectivity index (χ3v) is 2.97. The normalized spacial score (nSPS) is 13.5. The van der Waals surface area contributed by atoms with E-state index in [1.807, 2.05) is 36.4 Å². The van der Waals surface area contributed by atoms with E-state index in [2.05, 4.69) is 38.0 Å². The van der Waals surface area contributed by atoms with Gasteiger partial charge in [-0.1, -0.05) is 43.0 Å². The van der Waals surface area contributed by atoms with Gasteiger partial charge in [-0.25, -0.2) is 0 Å². The van der Waals surface area contributed by atoms with Gasteiger partial charge >= 0.3 is 0 Å².